The van der Waals surface area contributed by atoms with E-state index in [4.69, 9.17) is 5.73 Å². The van der Waals surface area contributed by atoms with E-state index in [1.54, 1.807) is 0 Å². The molecule has 0 heterocycles. The summed E-state index contributed by atoms with van der Waals surface area (Å²) in [6.45, 7) is 7.07. The summed E-state index contributed by atoms with van der Waals surface area (Å²) < 4.78 is 0. The van der Waals surface area contributed by atoms with Crippen LogP contribution in [0.3, 0.4) is 0 Å². The van der Waals surface area contributed by atoms with E-state index in [0.717, 1.165) is 25.8 Å². The van der Waals surface area contributed by atoms with Gasteiger partial charge in [-0.25, -0.2) is 0 Å². The second kappa shape index (κ2) is 5.67. The first-order chi connectivity index (χ1) is 7.52. The van der Waals surface area contributed by atoms with E-state index in [1.807, 2.05) is 11.8 Å². The van der Waals surface area contributed by atoms with E-state index in [0.29, 0.717) is 12.5 Å². The Balaban J connectivity index is 2.55. The number of rotatable bonds is 5. The molecule has 16 heavy (non-hydrogen) atoms. The average molecular weight is 226 g/mol. The van der Waals surface area contributed by atoms with E-state index in [2.05, 4.69) is 13.8 Å². The number of carbonyl (C=O) groups is 1. The average Bonchev–Trinajstić information content (AvgIpc) is 2.65. The van der Waals surface area contributed by atoms with Crippen LogP contribution in [0.4, 0.5) is 0 Å². The zero-order valence-corrected chi connectivity index (χ0v) is 11.0. The molecule has 0 aromatic carbocycles. The minimum absolute atomic E-state index is 0.210. The highest BCUT2D eigenvalue weighted by molar-refractivity contribution is 5.77. The van der Waals surface area contributed by atoms with E-state index in [9.17, 15) is 4.79 Å². The smallest absolute Gasteiger partial charge is 0.224 e. The van der Waals surface area contributed by atoms with Crippen LogP contribution in [0.15, 0.2) is 0 Å². The second-order valence-corrected chi connectivity index (χ2v) is 5.18. The van der Waals surface area contributed by atoms with Gasteiger partial charge in [-0.3, -0.25) is 4.79 Å². The topological polar surface area (TPSA) is 46.3 Å². The molecule has 1 rings (SSSR count). The second-order valence-electron chi connectivity index (χ2n) is 5.18. The van der Waals surface area contributed by atoms with Gasteiger partial charge >= 0.3 is 0 Å². The Morgan fingerprint density at radius 2 is 1.94 bits per heavy atom. The lowest BCUT2D eigenvalue weighted by Crippen LogP contribution is -2.46. The molecule has 1 unspecified atom stereocenters. The fourth-order valence-electron chi connectivity index (χ4n) is 2.61. The van der Waals surface area contributed by atoms with Crippen molar-refractivity contribution in [3.8, 4) is 0 Å². The molecule has 0 aliphatic heterocycles. The Hall–Kier alpha value is -0.570. The molecule has 3 nitrogen and oxygen atoms in total. The number of hydrogen-bond acceptors (Lipinski definition) is 2. The largest absolute Gasteiger partial charge is 0.340 e. The van der Waals surface area contributed by atoms with Crippen LogP contribution in [0.25, 0.3) is 0 Å². The van der Waals surface area contributed by atoms with Gasteiger partial charge in [0, 0.05) is 24.5 Å². The zero-order chi connectivity index (χ0) is 12.2. The summed E-state index contributed by atoms with van der Waals surface area (Å²) in [7, 11) is 0. The Morgan fingerprint density at radius 1 is 1.38 bits per heavy atom. The first-order valence-electron chi connectivity index (χ1n) is 6.60. The normalized spacial score (nSPS) is 20.8. The molecule has 0 radical (unpaired) electrons. The Labute approximate surface area is 99.4 Å². The van der Waals surface area contributed by atoms with Crippen LogP contribution >= 0.6 is 0 Å². The van der Waals surface area contributed by atoms with Gasteiger partial charge in [-0.1, -0.05) is 19.8 Å². The van der Waals surface area contributed by atoms with E-state index < -0.39 is 0 Å². The quantitative estimate of drug-likeness (QED) is 0.782. The van der Waals surface area contributed by atoms with Crippen molar-refractivity contribution in [2.24, 2.45) is 5.73 Å². The molecule has 0 saturated heterocycles. The Kier molecular flexibility index (Phi) is 4.78. The molecule has 1 atom stereocenters. The summed E-state index contributed by atoms with van der Waals surface area (Å²) in [6.07, 6.45) is 5.93. The molecule has 1 aliphatic rings. The maximum Gasteiger partial charge on any atom is 0.224 e. The number of nitrogens with two attached hydrogens (primary N) is 1. The minimum atomic E-state index is -0.210. The standard InChI is InChI=1S/C13H26N2O/c1-4-11(3)15(5-2)12(16)10-13(14)8-6-7-9-13/h11H,4-10,14H2,1-3H3. The lowest BCUT2D eigenvalue weighted by molar-refractivity contribution is -0.134. The molecule has 2 N–H and O–H groups in total. The summed E-state index contributed by atoms with van der Waals surface area (Å²) in [5, 5.41) is 0. The summed E-state index contributed by atoms with van der Waals surface area (Å²) in [5.74, 6) is 0.237. The number of hydrogen-bond donors (Lipinski definition) is 1. The third-order valence-corrected chi connectivity index (χ3v) is 3.89. The maximum atomic E-state index is 12.2. The van der Waals surface area contributed by atoms with Gasteiger partial charge in [-0.15, -0.1) is 0 Å². The van der Waals surface area contributed by atoms with Crippen molar-refractivity contribution in [1.29, 1.82) is 0 Å². The first-order valence-corrected chi connectivity index (χ1v) is 6.60. The van der Waals surface area contributed by atoms with Crippen LogP contribution in [0.1, 0.15) is 59.3 Å². The predicted octanol–water partition coefficient (Wildman–Crippen LogP) is 2.29. The summed E-state index contributed by atoms with van der Waals surface area (Å²) >= 11 is 0. The van der Waals surface area contributed by atoms with Crippen molar-refractivity contribution in [3.05, 3.63) is 0 Å². The Morgan fingerprint density at radius 3 is 2.38 bits per heavy atom. The Bertz CT molecular complexity index is 234. The van der Waals surface area contributed by atoms with Crippen LogP contribution in [0.5, 0.6) is 0 Å². The fourth-order valence-corrected chi connectivity index (χ4v) is 2.61. The maximum absolute atomic E-state index is 12.2. The predicted molar refractivity (Wildman–Crippen MR) is 67.1 cm³/mol. The molecule has 1 fully saturated rings. The van der Waals surface area contributed by atoms with Crippen LogP contribution < -0.4 is 5.73 Å². The molecule has 0 aromatic heterocycles. The molecular formula is C13H26N2O. The van der Waals surface area contributed by atoms with Gasteiger partial charge < -0.3 is 10.6 Å². The van der Waals surface area contributed by atoms with Crippen molar-refractivity contribution < 1.29 is 4.79 Å². The molecule has 1 saturated carbocycles. The number of nitrogens with zero attached hydrogens (tertiary/aromatic N) is 1. The third kappa shape index (κ3) is 3.21. The first kappa shape index (κ1) is 13.5. The van der Waals surface area contributed by atoms with Gasteiger partial charge in [0.05, 0.1) is 0 Å². The number of carbonyl (C=O) groups excluding carboxylic acids is 1. The molecule has 0 bridgehead atoms. The van der Waals surface area contributed by atoms with Crippen molar-refractivity contribution in [3.63, 3.8) is 0 Å². The summed E-state index contributed by atoms with van der Waals surface area (Å²) in [6, 6.07) is 0.336. The van der Waals surface area contributed by atoms with E-state index in [-0.39, 0.29) is 11.4 Å². The zero-order valence-electron chi connectivity index (χ0n) is 11.0. The molecule has 1 amide bonds. The highest BCUT2D eigenvalue weighted by Gasteiger charge is 2.33. The lowest BCUT2D eigenvalue weighted by Gasteiger charge is -2.31. The van der Waals surface area contributed by atoms with Gasteiger partial charge in [0.2, 0.25) is 5.91 Å². The van der Waals surface area contributed by atoms with E-state index >= 15 is 0 Å². The summed E-state index contributed by atoms with van der Waals surface area (Å²) in [5.41, 5.74) is 6.04. The summed E-state index contributed by atoms with van der Waals surface area (Å²) in [4.78, 5) is 14.1. The van der Waals surface area contributed by atoms with Crippen LogP contribution in [0, 0.1) is 0 Å². The highest BCUT2D eigenvalue weighted by atomic mass is 16.2. The van der Waals surface area contributed by atoms with Crippen molar-refractivity contribution >= 4 is 5.91 Å². The van der Waals surface area contributed by atoms with Crippen molar-refractivity contribution in [2.45, 2.75) is 70.9 Å². The van der Waals surface area contributed by atoms with Gasteiger partial charge in [0.1, 0.15) is 0 Å². The van der Waals surface area contributed by atoms with Crippen LogP contribution in [-0.2, 0) is 4.79 Å². The van der Waals surface area contributed by atoms with Crippen LogP contribution in [0.2, 0.25) is 0 Å². The van der Waals surface area contributed by atoms with Gasteiger partial charge in [0.15, 0.2) is 0 Å². The van der Waals surface area contributed by atoms with E-state index in [1.165, 1.54) is 12.8 Å². The minimum Gasteiger partial charge on any atom is -0.340 e. The lowest BCUT2D eigenvalue weighted by atomic mass is 9.93. The van der Waals surface area contributed by atoms with Crippen molar-refractivity contribution in [1.82, 2.24) is 4.90 Å². The molecule has 0 aromatic rings. The van der Waals surface area contributed by atoms with Crippen LogP contribution in [-0.4, -0.2) is 28.9 Å². The monoisotopic (exact) mass is 226 g/mol. The van der Waals surface area contributed by atoms with Gasteiger partial charge in [0.25, 0.3) is 0 Å². The van der Waals surface area contributed by atoms with Gasteiger partial charge in [-0.2, -0.15) is 0 Å². The molecule has 0 spiro atoms. The molecular weight excluding hydrogens is 200 g/mol. The SMILES string of the molecule is CCC(C)N(CC)C(=O)CC1(N)CCCC1. The number of amides is 1. The fraction of sp³-hybridized carbons (Fsp3) is 0.923. The highest BCUT2D eigenvalue weighted by Crippen LogP contribution is 2.30. The molecule has 1 aliphatic carbocycles. The van der Waals surface area contributed by atoms with Gasteiger partial charge in [-0.05, 0) is 33.1 Å². The third-order valence-electron chi connectivity index (χ3n) is 3.89. The molecule has 3 heteroatoms. The van der Waals surface area contributed by atoms with Crippen molar-refractivity contribution in [2.75, 3.05) is 6.54 Å². The molecule has 94 valence electrons.